The van der Waals surface area contributed by atoms with Gasteiger partial charge in [0.05, 0.1) is 5.02 Å². The number of rotatable bonds is 2. The Balaban J connectivity index is 2.56. The van der Waals surface area contributed by atoms with Crippen LogP contribution in [0, 0.1) is 0 Å². The molecule has 0 saturated carbocycles. The third kappa shape index (κ3) is 2.26. The Bertz CT molecular complexity index is 545. The van der Waals surface area contributed by atoms with Crippen LogP contribution in [0.25, 0.3) is 11.4 Å². The monoisotopic (exact) mass is 250 g/mol. The maximum absolute atomic E-state index is 6.15. The molecule has 2 N–H and O–H groups in total. The Kier molecular flexibility index (Phi) is 3.07. The summed E-state index contributed by atoms with van der Waals surface area (Å²) in [4.78, 5) is 4.49. The molecule has 0 aliphatic heterocycles. The van der Waals surface area contributed by atoms with Crippen LogP contribution in [-0.2, 0) is 7.05 Å². The summed E-state index contributed by atoms with van der Waals surface area (Å²) >= 11 is 6.15. The molecule has 90 valence electrons. The molecule has 1 aromatic heterocycles. The molecule has 0 aliphatic carbocycles. The molecule has 0 atom stereocenters. The van der Waals surface area contributed by atoms with Crippen molar-refractivity contribution in [1.82, 2.24) is 14.8 Å². The number of hydrogen-bond acceptors (Lipinski definition) is 3. The molecule has 17 heavy (non-hydrogen) atoms. The zero-order valence-corrected chi connectivity index (χ0v) is 10.9. The van der Waals surface area contributed by atoms with E-state index >= 15 is 0 Å². The summed E-state index contributed by atoms with van der Waals surface area (Å²) in [6, 6.07) is 5.36. The van der Waals surface area contributed by atoms with Crippen LogP contribution in [0.3, 0.4) is 0 Å². The average Bonchev–Trinajstić information content (AvgIpc) is 2.64. The van der Waals surface area contributed by atoms with E-state index in [4.69, 9.17) is 17.3 Å². The van der Waals surface area contributed by atoms with Crippen molar-refractivity contribution in [1.29, 1.82) is 0 Å². The maximum atomic E-state index is 6.15. The number of nitrogens with two attached hydrogens (primary N) is 1. The number of aryl methyl sites for hydroxylation is 1. The highest BCUT2D eigenvalue weighted by molar-refractivity contribution is 6.33. The molecule has 0 saturated heterocycles. The van der Waals surface area contributed by atoms with Crippen LogP contribution in [0.15, 0.2) is 18.2 Å². The summed E-state index contributed by atoms with van der Waals surface area (Å²) in [6.07, 6.45) is 0. The van der Waals surface area contributed by atoms with Gasteiger partial charge in [0, 0.05) is 24.2 Å². The molecule has 0 aliphatic rings. The fourth-order valence-electron chi connectivity index (χ4n) is 1.60. The maximum Gasteiger partial charge on any atom is 0.159 e. The lowest BCUT2D eigenvalue weighted by Gasteiger charge is -2.03. The number of nitrogen functional groups attached to an aromatic ring is 1. The number of benzene rings is 1. The van der Waals surface area contributed by atoms with E-state index in [0.717, 1.165) is 17.2 Å². The number of hydrogen-bond donors (Lipinski definition) is 1. The number of aromatic nitrogens is 3. The van der Waals surface area contributed by atoms with Crippen molar-refractivity contribution in [2.45, 2.75) is 19.8 Å². The molecule has 0 spiro atoms. The number of anilines is 1. The molecule has 0 amide bonds. The van der Waals surface area contributed by atoms with Crippen LogP contribution in [0.4, 0.5) is 5.69 Å². The quantitative estimate of drug-likeness (QED) is 0.834. The van der Waals surface area contributed by atoms with Crippen LogP contribution in [0.5, 0.6) is 0 Å². The summed E-state index contributed by atoms with van der Waals surface area (Å²) in [5, 5.41) is 4.99. The molecule has 0 unspecified atom stereocenters. The third-order valence-corrected chi connectivity index (χ3v) is 2.86. The van der Waals surface area contributed by atoms with Crippen molar-refractivity contribution in [2.24, 2.45) is 7.05 Å². The molecule has 1 heterocycles. The second kappa shape index (κ2) is 4.37. The third-order valence-electron chi connectivity index (χ3n) is 2.53. The molecule has 5 heteroatoms. The summed E-state index contributed by atoms with van der Waals surface area (Å²) in [5.41, 5.74) is 7.24. The van der Waals surface area contributed by atoms with E-state index < -0.39 is 0 Å². The first-order chi connectivity index (χ1) is 7.99. The van der Waals surface area contributed by atoms with Gasteiger partial charge in [-0.25, -0.2) is 9.67 Å². The van der Waals surface area contributed by atoms with Crippen molar-refractivity contribution >= 4 is 17.3 Å². The van der Waals surface area contributed by atoms with Crippen LogP contribution in [0.2, 0.25) is 5.02 Å². The predicted octanol–water partition coefficient (Wildman–Crippen LogP) is 2.84. The van der Waals surface area contributed by atoms with Crippen molar-refractivity contribution in [3.05, 3.63) is 29.0 Å². The minimum Gasteiger partial charge on any atom is -0.399 e. The van der Waals surface area contributed by atoms with Crippen molar-refractivity contribution in [3.63, 3.8) is 0 Å². The molecule has 0 fully saturated rings. The first-order valence-electron chi connectivity index (χ1n) is 5.45. The minimum atomic E-state index is 0.287. The normalized spacial score (nSPS) is 11.1. The summed E-state index contributed by atoms with van der Waals surface area (Å²) in [5.74, 6) is 1.83. The van der Waals surface area contributed by atoms with Gasteiger partial charge in [0.1, 0.15) is 0 Å². The summed E-state index contributed by atoms with van der Waals surface area (Å²) in [7, 11) is 1.85. The largest absolute Gasteiger partial charge is 0.399 e. The zero-order chi connectivity index (χ0) is 12.6. The fraction of sp³-hybridized carbons (Fsp3) is 0.333. The Morgan fingerprint density at radius 3 is 2.65 bits per heavy atom. The van der Waals surface area contributed by atoms with Crippen LogP contribution in [0.1, 0.15) is 25.6 Å². The molecule has 2 aromatic rings. The lowest BCUT2D eigenvalue weighted by Crippen LogP contribution is -1.96. The first-order valence-corrected chi connectivity index (χ1v) is 5.83. The van der Waals surface area contributed by atoms with E-state index in [-0.39, 0.29) is 5.92 Å². The highest BCUT2D eigenvalue weighted by Crippen LogP contribution is 2.28. The van der Waals surface area contributed by atoms with Crippen LogP contribution >= 0.6 is 11.6 Å². The van der Waals surface area contributed by atoms with Crippen LogP contribution < -0.4 is 5.73 Å². The van der Waals surface area contributed by atoms with E-state index in [0.29, 0.717) is 10.7 Å². The SMILES string of the molecule is CC(C)c1nc(-c2cc(N)ccc2Cl)n(C)n1. The van der Waals surface area contributed by atoms with Crippen molar-refractivity contribution in [2.75, 3.05) is 5.73 Å². The summed E-state index contributed by atoms with van der Waals surface area (Å²) in [6.45, 7) is 4.11. The van der Waals surface area contributed by atoms with Gasteiger partial charge >= 0.3 is 0 Å². The first kappa shape index (κ1) is 11.9. The highest BCUT2D eigenvalue weighted by Gasteiger charge is 2.14. The lowest BCUT2D eigenvalue weighted by atomic mass is 10.2. The van der Waals surface area contributed by atoms with Gasteiger partial charge in [-0.15, -0.1) is 0 Å². The molecule has 0 radical (unpaired) electrons. The Morgan fingerprint density at radius 1 is 1.35 bits per heavy atom. The average molecular weight is 251 g/mol. The second-order valence-electron chi connectivity index (χ2n) is 4.31. The molecular formula is C12H15ClN4. The summed E-state index contributed by atoms with van der Waals surface area (Å²) < 4.78 is 1.73. The molecule has 4 nitrogen and oxygen atoms in total. The Hall–Kier alpha value is -1.55. The van der Waals surface area contributed by atoms with Gasteiger partial charge in [0.2, 0.25) is 0 Å². The van der Waals surface area contributed by atoms with Gasteiger partial charge in [-0.05, 0) is 18.2 Å². The van der Waals surface area contributed by atoms with E-state index in [2.05, 4.69) is 23.9 Å². The van der Waals surface area contributed by atoms with Crippen molar-refractivity contribution in [3.8, 4) is 11.4 Å². The highest BCUT2D eigenvalue weighted by atomic mass is 35.5. The van der Waals surface area contributed by atoms with Gasteiger partial charge in [-0.1, -0.05) is 25.4 Å². The van der Waals surface area contributed by atoms with E-state index in [9.17, 15) is 0 Å². The number of nitrogens with zero attached hydrogens (tertiary/aromatic N) is 3. The van der Waals surface area contributed by atoms with Crippen molar-refractivity contribution < 1.29 is 0 Å². The van der Waals surface area contributed by atoms with Crippen LogP contribution in [-0.4, -0.2) is 14.8 Å². The molecular weight excluding hydrogens is 236 g/mol. The van der Waals surface area contributed by atoms with Gasteiger partial charge in [0.15, 0.2) is 11.6 Å². The zero-order valence-electron chi connectivity index (χ0n) is 10.1. The fourth-order valence-corrected chi connectivity index (χ4v) is 1.80. The van der Waals surface area contributed by atoms with E-state index in [1.807, 2.05) is 13.1 Å². The van der Waals surface area contributed by atoms with Gasteiger partial charge in [-0.2, -0.15) is 5.10 Å². The standard InChI is InChI=1S/C12H15ClN4/c1-7(2)11-15-12(17(3)16-11)9-6-8(14)4-5-10(9)13/h4-7H,14H2,1-3H3. The minimum absolute atomic E-state index is 0.287. The van der Waals surface area contributed by atoms with E-state index in [1.54, 1.807) is 16.8 Å². The van der Waals surface area contributed by atoms with Gasteiger partial charge in [-0.3, -0.25) is 0 Å². The Labute approximate surface area is 105 Å². The predicted molar refractivity (Wildman–Crippen MR) is 70.0 cm³/mol. The van der Waals surface area contributed by atoms with Gasteiger partial charge in [0.25, 0.3) is 0 Å². The molecule has 2 rings (SSSR count). The molecule has 1 aromatic carbocycles. The Morgan fingerprint density at radius 2 is 2.06 bits per heavy atom. The topological polar surface area (TPSA) is 56.7 Å². The van der Waals surface area contributed by atoms with E-state index in [1.165, 1.54) is 0 Å². The lowest BCUT2D eigenvalue weighted by molar-refractivity contribution is 0.712. The van der Waals surface area contributed by atoms with Gasteiger partial charge < -0.3 is 5.73 Å². The second-order valence-corrected chi connectivity index (χ2v) is 4.72. The number of halogens is 1. The smallest absolute Gasteiger partial charge is 0.159 e. The molecule has 0 bridgehead atoms.